The SMILES string of the molecule is CN1CC(c2ccsc2Br)c2occc21. The number of nitrogens with zero attached hydrogens (tertiary/aromatic N) is 1. The molecule has 3 rings (SSSR count). The van der Waals surface area contributed by atoms with Crippen LogP contribution in [0.2, 0.25) is 0 Å². The van der Waals surface area contributed by atoms with Crippen LogP contribution in [0.5, 0.6) is 0 Å². The summed E-state index contributed by atoms with van der Waals surface area (Å²) in [5, 5.41) is 2.11. The van der Waals surface area contributed by atoms with Gasteiger partial charge in [-0.15, -0.1) is 11.3 Å². The zero-order chi connectivity index (χ0) is 10.4. The van der Waals surface area contributed by atoms with Gasteiger partial charge in [-0.05, 0) is 32.9 Å². The fourth-order valence-corrected chi connectivity index (χ4v) is 3.55. The van der Waals surface area contributed by atoms with Crippen molar-refractivity contribution in [2.45, 2.75) is 5.92 Å². The van der Waals surface area contributed by atoms with E-state index in [1.807, 2.05) is 6.07 Å². The van der Waals surface area contributed by atoms with Crippen molar-refractivity contribution in [1.29, 1.82) is 0 Å². The smallest absolute Gasteiger partial charge is 0.136 e. The number of rotatable bonds is 1. The second-order valence-corrected chi connectivity index (χ2v) is 5.99. The van der Waals surface area contributed by atoms with Crippen molar-refractivity contribution < 1.29 is 4.42 Å². The molecular formula is C11H10BrNOS. The number of fused-ring (bicyclic) bond motifs is 1. The molecule has 2 aromatic heterocycles. The predicted octanol–water partition coefficient (Wildman–Crippen LogP) is 3.69. The maximum absolute atomic E-state index is 5.58. The Morgan fingerprint density at radius 1 is 1.53 bits per heavy atom. The molecule has 0 bridgehead atoms. The number of hydrogen-bond donors (Lipinski definition) is 0. The van der Waals surface area contributed by atoms with Crippen LogP contribution in [-0.2, 0) is 0 Å². The van der Waals surface area contributed by atoms with Gasteiger partial charge < -0.3 is 9.32 Å². The Morgan fingerprint density at radius 3 is 3.13 bits per heavy atom. The fraction of sp³-hybridized carbons (Fsp3) is 0.273. The molecule has 0 aliphatic carbocycles. The second-order valence-electron chi connectivity index (χ2n) is 3.75. The quantitative estimate of drug-likeness (QED) is 0.794. The van der Waals surface area contributed by atoms with E-state index in [4.69, 9.17) is 4.42 Å². The van der Waals surface area contributed by atoms with Gasteiger partial charge in [0, 0.05) is 19.7 Å². The van der Waals surface area contributed by atoms with E-state index >= 15 is 0 Å². The molecule has 1 unspecified atom stereocenters. The van der Waals surface area contributed by atoms with Gasteiger partial charge in [0.2, 0.25) is 0 Å². The molecular weight excluding hydrogens is 274 g/mol. The third-order valence-corrected chi connectivity index (χ3v) is 4.61. The summed E-state index contributed by atoms with van der Waals surface area (Å²) in [4.78, 5) is 2.24. The van der Waals surface area contributed by atoms with Crippen molar-refractivity contribution in [3.8, 4) is 0 Å². The summed E-state index contributed by atoms with van der Waals surface area (Å²) < 4.78 is 6.79. The highest BCUT2D eigenvalue weighted by molar-refractivity contribution is 9.11. The Balaban J connectivity index is 2.08. The van der Waals surface area contributed by atoms with E-state index < -0.39 is 0 Å². The van der Waals surface area contributed by atoms with Crippen LogP contribution in [0.25, 0.3) is 0 Å². The Kier molecular flexibility index (Phi) is 2.14. The molecule has 0 saturated heterocycles. The van der Waals surface area contributed by atoms with Gasteiger partial charge in [-0.25, -0.2) is 0 Å². The summed E-state index contributed by atoms with van der Waals surface area (Å²) in [7, 11) is 2.11. The van der Waals surface area contributed by atoms with Gasteiger partial charge in [0.15, 0.2) is 0 Å². The summed E-state index contributed by atoms with van der Waals surface area (Å²) >= 11 is 5.32. The van der Waals surface area contributed by atoms with Gasteiger partial charge in [-0.3, -0.25) is 0 Å². The van der Waals surface area contributed by atoms with Crippen LogP contribution < -0.4 is 4.90 Å². The minimum Gasteiger partial charge on any atom is -0.466 e. The largest absolute Gasteiger partial charge is 0.466 e. The van der Waals surface area contributed by atoms with E-state index in [1.165, 1.54) is 15.0 Å². The first-order chi connectivity index (χ1) is 7.27. The topological polar surface area (TPSA) is 16.4 Å². The monoisotopic (exact) mass is 283 g/mol. The van der Waals surface area contributed by atoms with Gasteiger partial charge in [-0.1, -0.05) is 0 Å². The van der Waals surface area contributed by atoms with Crippen LogP contribution in [0, 0.1) is 0 Å². The Labute approximate surface area is 101 Å². The number of hydrogen-bond acceptors (Lipinski definition) is 3. The maximum atomic E-state index is 5.58. The summed E-state index contributed by atoms with van der Waals surface area (Å²) in [6.07, 6.45) is 1.77. The average Bonchev–Trinajstić information content (AvgIpc) is 2.85. The summed E-state index contributed by atoms with van der Waals surface area (Å²) in [6.45, 7) is 1.00. The van der Waals surface area contributed by atoms with Gasteiger partial charge >= 0.3 is 0 Å². The summed E-state index contributed by atoms with van der Waals surface area (Å²) in [5.41, 5.74) is 2.55. The molecule has 2 aromatic rings. The lowest BCUT2D eigenvalue weighted by Gasteiger charge is -2.11. The fourth-order valence-electron chi connectivity index (χ4n) is 2.14. The molecule has 0 fully saturated rings. The zero-order valence-electron chi connectivity index (χ0n) is 8.24. The number of halogens is 1. The van der Waals surface area contributed by atoms with E-state index in [0.717, 1.165) is 12.3 Å². The van der Waals surface area contributed by atoms with Crippen molar-refractivity contribution >= 4 is 33.0 Å². The van der Waals surface area contributed by atoms with E-state index in [9.17, 15) is 0 Å². The van der Waals surface area contributed by atoms with E-state index in [0.29, 0.717) is 5.92 Å². The highest BCUT2D eigenvalue weighted by Gasteiger charge is 2.32. The summed E-state index contributed by atoms with van der Waals surface area (Å²) in [5.74, 6) is 1.47. The molecule has 4 heteroatoms. The van der Waals surface area contributed by atoms with Crippen LogP contribution in [-0.4, -0.2) is 13.6 Å². The number of furan rings is 1. The van der Waals surface area contributed by atoms with Gasteiger partial charge in [0.25, 0.3) is 0 Å². The lowest BCUT2D eigenvalue weighted by molar-refractivity contribution is 0.501. The normalized spacial score (nSPS) is 19.6. The van der Waals surface area contributed by atoms with Crippen LogP contribution >= 0.6 is 27.3 Å². The van der Waals surface area contributed by atoms with E-state index in [-0.39, 0.29) is 0 Å². The molecule has 0 saturated carbocycles. The van der Waals surface area contributed by atoms with Crippen molar-refractivity contribution in [2.75, 3.05) is 18.5 Å². The molecule has 0 aromatic carbocycles. The lowest BCUT2D eigenvalue weighted by atomic mass is 10.0. The molecule has 15 heavy (non-hydrogen) atoms. The van der Waals surface area contributed by atoms with Crippen LogP contribution in [0.1, 0.15) is 17.2 Å². The van der Waals surface area contributed by atoms with Crippen LogP contribution in [0.4, 0.5) is 5.69 Å². The van der Waals surface area contributed by atoms with Crippen molar-refractivity contribution in [3.05, 3.63) is 38.9 Å². The standard InChI is InChI=1S/C11H10BrNOS/c1-13-6-8(7-3-5-15-11(7)12)10-9(13)2-4-14-10/h2-5,8H,6H2,1H3. The first-order valence-electron chi connectivity index (χ1n) is 4.79. The van der Waals surface area contributed by atoms with Gasteiger partial charge in [-0.2, -0.15) is 0 Å². The minimum atomic E-state index is 0.376. The van der Waals surface area contributed by atoms with Crippen molar-refractivity contribution in [2.24, 2.45) is 0 Å². The van der Waals surface area contributed by atoms with Gasteiger partial charge in [0.05, 0.1) is 21.7 Å². The molecule has 1 aliphatic rings. The number of anilines is 1. The van der Waals surface area contributed by atoms with Crippen molar-refractivity contribution in [3.63, 3.8) is 0 Å². The maximum Gasteiger partial charge on any atom is 0.136 e. The summed E-state index contributed by atoms with van der Waals surface area (Å²) in [6, 6.07) is 4.21. The first kappa shape index (κ1) is 9.48. The molecule has 1 aliphatic heterocycles. The third kappa shape index (κ3) is 1.35. The number of likely N-dealkylation sites (N-methyl/N-ethyl adjacent to an activating group) is 1. The average molecular weight is 284 g/mol. The Bertz CT molecular complexity index is 490. The highest BCUT2D eigenvalue weighted by atomic mass is 79.9. The Hall–Kier alpha value is -0.740. The molecule has 0 spiro atoms. The van der Waals surface area contributed by atoms with Gasteiger partial charge in [0.1, 0.15) is 5.76 Å². The molecule has 0 radical (unpaired) electrons. The highest BCUT2D eigenvalue weighted by Crippen LogP contribution is 2.43. The lowest BCUT2D eigenvalue weighted by Crippen LogP contribution is -2.15. The van der Waals surface area contributed by atoms with E-state index in [2.05, 4.69) is 39.3 Å². The molecule has 0 N–H and O–H groups in total. The number of thiophene rings is 1. The molecule has 3 heterocycles. The first-order valence-corrected chi connectivity index (χ1v) is 6.46. The Morgan fingerprint density at radius 2 is 2.40 bits per heavy atom. The minimum absolute atomic E-state index is 0.376. The predicted molar refractivity (Wildman–Crippen MR) is 65.8 cm³/mol. The third-order valence-electron chi connectivity index (χ3n) is 2.88. The van der Waals surface area contributed by atoms with Crippen LogP contribution in [0.15, 0.2) is 32.0 Å². The molecule has 2 nitrogen and oxygen atoms in total. The second kappa shape index (κ2) is 3.39. The molecule has 78 valence electrons. The zero-order valence-corrected chi connectivity index (χ0v) is 10.6. The van der Waals surface area contributed by atoms with Crippen LogP contribution in [0.3, 0.4) is 0 Å². The molecule has 0 amide bonds. The van der Waals surface area contributed by atoms with E-state index in [1.54, 1.807) is 17.6 Å². The van der Waals surface area contributed by atoms with Crippen molar-refractivity contribution in [1.82, 2.24) is 0 Å². The molecule has 1 atom stereocenters.